The number of ether oxygens (including phenoxy) is 1. The van der Waals surface area contributed by atoms with E-state index in [1.54, 1.807) is 12.1 Å². The van der Waals surface area contributed by atoms with Crippen LogP contribution in [0.25, 0.3) is 0 Å². The number of hydrogen-bond acceptors (Lipinski definition) is 5. The van der Waals surface area contributed by atoms with Crippen molar-refractivity contribution < 1.29 is 13.9 Å². The van der Waals surface area contributed by atoms with Crippen LogP contribution in [0.5, 0.6) is 0 Å². The zero-order valence-electron chi connectivity index (χ0n) is 13.6. The summed E-state index contributed by atoms with van der Waals surface area (Å²) in [5.41, 5.74) is 1.99. The number of amides is 1. The Hall–Kier alpha value is -1.79. The average Bonchev–Trinajstić information content (AvgIpc) is 3.21. The molecule has 2 aromatic heterocycles. The summed E-state index contributed by atoms with van der Waals surface area (Å²) >= 11 is 1.93. The van der Waals surface area contributed by atoms with E-state index in [9.17, 15) is 4.79 Å². The van der Waals surface area contributed by atoms with Crippen LogP contribution in [0.4, 0.5) is 0 Å². The summed E-state index contributed by atoms with van der Waals surface area (Å²) in [6, 6.07) is 9.46. The third kappa shape index (κ3) is 3.08. The van der Waals surface area contributed by atoms with E-state index in [2.05, 4.69) is 4.98 Å². The van der Waals surface area contributed by atoms with Gasteiger partial charge in [0.15, 0.2) is 5.76 Å². The van der Waals surface area contributed by atoms with Gasteiger partial charge in [0.05, 0.1) is 29.4 Å². The van der Waals surface area contributed by atoms with Gasteiger partial charge in [0.25, 0.3) is 5.91 Å². The molecule has 4 heterocycles. The minimum Gasteiger partial charge on any atom is -0.459 e. The van der Waals surface area contributed by atoms with Crippen molar-refractivity contribution >= 4 is 17.7 Å². The van der Waals surface area contributed by atoms with Crippen LogP contribution in [0.15, 0.2) is 41.0 Å². The van der Waals surface area contributed by atoms with Gasteiger partial charge in [-0.1, -0.05) is 6.07 Å². The second-order valence-electron chi connectivity index (χ2n) is 6.54. The van der Waals surface area contributed by atoms with Crippen molar-refractivity contribution in [2.24, 2.45) is 0 Å². The molecule has 0 saturated carbocycles. The van der Waals surface area contributed by atoms with Crippen molar-refractivity contribution in [3.8, 4) is 0 Å². The molecular formula is C18H20N2O3S. The van der Waals surface area contributed by atoms with Gasteiger partial charge in [0, 0.05) is 24.5 Å². The Morgan fingerprint density at radius 1 is 1.42 bits per heavy atom. The lowest BCUT2D eigenvalue weighted by Gasteiger charge is -2.47. The van der Waals surface area contributed by atoms with Gasteiger partial charge in [0.2, 0.25) is 0 Å². The molecule has 0 bridgehead atoms. The van der Waals surface area contributed by atoms with Gasteiger partial charge in [-0.25, -0.2) is 0 Å². The van der Waals surface area contributed by atoms with Gasteiger partial charge in [-0.3, -0.25) is 9.78 Å². The van der Waals surface area contributed by atoms with Crippen LogP contribution in [0.2, 0.25) is 0 Å². The lowest BCUT2D eigenvalue weighted by atomic mass is 9.92. The number of hydrogen-bond donors (Lipinski definition) is 0. The van der Waals surface area contributed by atoms with Gasteiger partial charge >= 0.3 is 0 Å². The van der Waals surface area contributed by atoms with Gasteiger partial charge in [0.1, 0.15) is 0 Å². The van der Waals surface area contributed by atoms with Crippen molar-refractivity contribution in [2.75, 3.05) is 18.8 Å². The second kappa shape index (κ2) is 6.26. The van der Waals surface area contributed by atoms with Crippen LogP contribution < -0.4 is 0 Å². The van der Waals surface area contributed by atoms with E-state index in [-0.39, 0.29) is 16.8 Å². The number of rotatable bonds is 4. The molecule has 6 heteroatoms. The SMILES string of the molecule is Cc1cccc(COC2CSC3(C2)CN(C(=O)c2ccco2)C3)n1. The predicted molar refractivity (Wildman–Crippen MR) is 92.0 cm³/mol. The van der Waals surface area contributed by atoms with Gasteiger partial charge in [-0.05, 0) is 37.6 Å². The molecule has 24 heavy (non-hydrogen) atoms. The predicted octanol–water partition coefficient (Wildman–Crippen LogP) is 2.90. The smallest absolute Gasteiger partial charge is 0.289 e. The third-order valence-electron chi connectivity index (χ3n) is 4.57. The van der Waals surface area contributed by atoms with E-state index in [4.69, 9.17) is 9.15 Å². The molecular weight excluding hydrogens is 324 g/mol. The maximum absolute atomic E-state index is 12.2. The second-order valence-corrected chi connectivity index (χ2v) is 8.03. The molecule has 0 N–H and O–H groups in total. The van der Waals surface area contributed by atoms with E-state index < -0.39 is 0 Å². The van der Waals surface area contributed by atoms with Crippen LogP contribution in [0.1, 0.15) is 28.4 Å². The minimum absolute atomic E-state index is 0.0143. The molecule has 1 atom stereocenters. The van der Waals surface area contributed by atoms with Gasteiger partial charge in [-0.15, -0.1) is 11.8 Å². The number of aromatic nitrogens is 1. The maximum Gasteiger partial charge on any atom is 0.289 e. The fourth-order valence-electron chi connectivity index (χ4n) is 3.36. The number of likely N-dealkylation sites (tertiary alicyclic amines) is 1. The molecule has 0 aliphatic carbocycles. The van der Waals surface area contributed by atoms with Crippen molar-refractivity contribution in [2.45, 2.75) is 30.8 Å². The van der Waals surface area contributed by atoms with E-state index in [0.717, 1.165) is 36.7 Å². The molecule has 2 aliphatic rings. The number of aryl methyl sites for hydroxylation is 1. The Morgan fingerprint density at radius 3 is 3.04 bits per heavy atom. The van der Waals surface area contributed by atoms with Crippen LogP contribution in [0.3, 0.4) is 0 Å². The molecule has 2 saturated heterocycles. The highest BCUT2D eigenvalue weighted by molar-refractivity contribution is 8.01. The summed E-state index contributed by atoms with van der Waals surface area (Å²) in [6.45, 7) is 4.10. The lowest BCUT2D eigenvalue weighted by molar-refractivity contribution is 0.0233. The quantitative estimate of drug-likeness (QED) is 0.854. The Balaban J connectivity index is 1.28. The first kappa shape index (κ1) is 15.7. The number of carbonyl (C=O) groups excluding carboxylic acids is 1. The summed E-state index contributed by atoms with van der Waals surface area (Å²) in [6.07, 6.45) is 2.76. The molecule has 1 unspecified atom stereocenters. The molecule has 0 radical (unpaired) electrons. The number of pyridine rings is 1. The van der Waals surface area contributed by atoms with Crippen LogP contribution >= 0.6 is 11.8 Å². The van der Waals surface area contributed by atoms with E-state index in [1.807, 2.05) is 41.8 Å². The minimum atomic E-state index is -0.0143. The first-order valence-corrected chi connectivity index (χ1v) is 9.13. The summed E-state index contributed by atoms with van der Waals surface area (Å²) in [5.74, 6) is 1.39. The fourth-order valence-corrected chi connectivity index (χ4v) is 4.91. The summed E-state index contributed by atoms with van der Waals surface area (Å²) in [7, 11) is 0. The molecule has 4 rings (SSSR count). The Morgan fingerprint density at radius 2 is 2.29 bits per heavy atom. The summed E-state index contributed by atoms with van der Waals surface area (Å²) in [4.78, 5) is 18.6. The number of furan rings is 1. The molecule has 2 aromatic rings. The first-order valence-electron chi connectivity index (χ1n) is 8.14. The molecule has 5 nitrogen and oxygen atoms in total. The van der Waals surface area contributed by atoms with Crippen molar-refractivity contribution in [1.29, 1.82) is 0 Å². The standard InChI is InChI=1S/C18H20N2O3S/c1-13-4-2-5-14(19-13)9-23-15-8-18(24-10-15)11-20(12-18)17(21)16-6-3-7-22-16/h2-7,15H,8-12H2,1H3. The highest BCUT2D eigenvalue weighted by atomic mass is 32.2. The fraction of sp³-hybridized carbons (Fsp3) is 0.444. The molecule has 0 aromatic carbocycles. The van der Waals surface area contributed by atoms with E-state index >= 15 is 0 Å². The Bertz CT molecular complexity index is 726. The Labute approximate surface area is 145 Å². The zero-order chi connectivity index (χ0) is 16.6. The molecule has 2 aliphatic heterocycles. The van der Waals surface area contributed by atoms with Crippen LogP contribution in [0, 0.1) is 6.92 Å². The van der Waals surface area contributed by atoms with E-state index in [0.29, 0.717) is 12.4 Å². The average molecular weight is 344 g/mol. The maximum atomic E-state index is 12.2. The number of nitrogens with zero attached hydrogens (tertiary/aromatic N) is 2. The van der Waals surface area contributed by atoms with E-state index in [1.165, 1.54) is 6.26 Å². The highest BCUT2D eigenvalue weighted by Gasteiger charge is 2.51. The normalized spacial score (nSPS) is 21.9. The highest BCUT2D eigenvalue weighted by Crippen LogP contribution is 2.46. The van der Waals surface area contributed by atoms with Gasteiger partial charge in [-0.2, -0.15) is 0 Å². The lowest BCUT2D eigenvalue weighted by Crippen LogP contribution is -2.60. The largest absolute Gasteiger partial charge is 0.459 e. The number of thioether (sulfide) groups is 1. The van der Waals surface area contributed by atoms with Crippen molar-refractivity contribution in [3.05, 3.63) is 53.7 Å². The monoisotopic (exact) mass is 344 g/mol. The van der Waals surface area contributed by atoms with Crippen molar-refractivity contribution in [3.63, 3.8) is 0 Å². The first-order chi connectivity index (χ1) is 11.6. The van der Waals surface area contributed by atoms with Gasteiger partial charge < -0.3 is 14.1 Å². The topological polar surface area (TPSA) is 55.6 Å². The van der Waals surface area contributed by atoms with Crippen LogP contribution in [-0.4, -0.2) is 45.5 Å². The molecule has 126 valence electrons. The molecule has 1 amide bonds. The molecule has 2 fully saturated rings. The summed E-state index contributed by atoms with van der Waals surface area (Å²) < 4.78 is 11.4. The summed E-state index contributed by atoms with van der Waals surface area (Å²) in [5, 5.41) is 0. The molecule has 1 spiro atoms. The van der Waals surface area contributed by atoms with Crippen molar-refractivity contribution in [1.82, 2.24) is 9.88 Å². The Kier molecular flexibility index (Phi) is 4.10. The number of carbonyl (C=O) groups is 1. The zero-order valence-corrected chi connectivity index (χ0v) is 14.4. The third-order valence-corrected chi connectivity index (χ3v) is 6.14. The van der Waals surface area contributed by atoms with Crippen LogP contribution in [-0.2, 0) is 11.3 Å².